The molecule has 0 nitrogen and oxygen atoms in total. The third kappa shape index (κ3) is 0.168. The summed E-state index contributed by atoms with van der Waals surface area (Å²) in [6.45, 7) is 2.43. The van der Waals surface area contributed by atoms with Crippen LogP contribution in [0.2, 0.25) is 0 Å². The molecule has 0 spiro atoms. The second-order valence-electron chi connectivity index (χ2n) is 3.81. The van der Waals surface area contributed by atoms with Gasteiger partial charge in [0.25, 0.3) is 0 Å². The van der Waals surface area contributed by atoms with Crippen molar-refractivity contribution in [2.75, 3.05) is 0 Å². The van der Waals surface area contributed by atoms with E-state index >= 15 is 0 Å². The molecule has 0 bridgehead atoms. The lowest BCUT2D eigenvalue weighted by Crippen LogP contribution is -2.22. The average Bonchev–Trinajstić information content (AvgIpc) is 2.15. The second kappa shape index (κ2) is 0.706. The first kappa shape index (κ1) is 3.71. The maximum absolute atomic E-state index is 2.43. The Bertz CT molecular complexity index is 180. The van der Waals surface area contributed by atoms with Crippen LogP contribution in [0.25, 0.3) is 0 Å². The van der Waals surface area contributed by atoms with Crippen LogP contribution in [0.4, 0.5) is 0 Å². The van der Waals surface area contributed by atoms with Gasteiger partial charge in [0.1, 0.15) is 0 Å². The van der Waals surface area contributed by atoms with Crippen molar-refractivity contribution < 1.29 is 0 Å². The summed E-state index contributed by atoms with van der Waals surface area (Å²) in [6.07, 6.45) is 6.35. The molecule has 0 radical (unpaired) electrons. The Morgan fingerprint density at radius 2 is 2.38 bits per heavy atom. The minimum Gasteiger partial charge on any atom is -0.0848 e. The molecule has 4 atom stereocenters. The van der Waals surface area contributed by atoms with Crippen LogP contribution in [0.1, 0.15) is 13.3 Å². The fraction of sp³-hybridized carbons (Fsp3) is 0.750. The zero-order chi connectivity index (χ0) is 5.35. The highest BCUT2D eigenvalue weighted by Crippen LogP contribution is 2.78. The van der Waals surface area contributed by atoms with E-state index in [1.807, 2.05) is 0 Å². The summed E-state index contributed by atoms with van der Waals surface area (Å²) in [6, 6.07) is 0. The Labute approximate surface area is 49.6 Å². The number of rotatable bonds is 0. The molecule has 2 fully saturated rings. The van der Waals surface area contributed by atoms with Crippen LogP contribution in [0.15, 0.2) is 12.2 Å². The predicted octanol–water partition coefficient (Wildman–Crippen LogP) is 1.83. The van der Waals surface area contributed by atoms with Crippen LogP contribution in [-0.4, -0.2) is 0 Å². The van der Waals surface area contributed by atoms with E-state index < -0.39 is 0 Å². The zero-order valence-corrected chi connectivity index (χ0v) is 5.09. The van der Waals surface area contributed by atoms with Crippen molar-refractivity contribution in [3.8, 4) is 0 Å². The highest BCUT2D eigenvalue weighted by atomic mass is 14.8. The molecule has 3 aliphatic rings. The maximum atomic E-state index is 2.43. The van der Waals surface area contributed by atoms with E-state index in [1.54, 1.807) is 0 Å². The minimum absolute atomic E-state index is 0.819. The van der Waals surface area contributed by atoms with Gasteiger partial charge in [0.2, 0.25) is 0 Å². The molecule has 42 valence electrons. The van der Waals surface area contributed by atoms with Crippen molar-refractivity contribution in [1.29, 1.82) is 0 Å². The first-order valence-electron chi connectivity index (χ1n) is 3.51. The van der Waals surface area contributed by atoms with Gasteiger partial charge in [-0.2, -0.15) is 0 Å². The van der Waals surface area contributed by atoms with Crippen molar-refractivity contribution >= 4 is 0 Å². The smallest absolute Gasteiger partial charge is 0.0137 e. The Balaban J connectivity index is 2.16. The Morgan fingerprint density at radius 3 is 2.62 bits per heavy atom. The highest BCUT2D eigenvalue weighted by Gasteiger charge is 2.72. The SMILES string of the molecule is CC12CC3C=CC1C32. The van der Waals surface area contributed by atoms with E-state index in [0.29, 0.717) is 0 Å². The molecule has 4 unspecified atom stereocenters. The minimum atomic E-state index is 0.819. The molecule has 0 saturated heterocycles. The molecule has 0 heterocycles. The summed E-state index contributed by atoms with van der Waals surface area (Å²) in [4.78, 5) is 0. The lowest BCUT2D eigenvalue weighted by molar-refractivity contribution is 0.241. The van der Waals surface area contributed by atoms with Gasteiger partial charge in [-0.25, -0.2) is 0 Å². The molecule has 3 rings (SSSR count). The van der Waals surface area contributed by atoms with Crippen LogP contribution >= 0.6 is 0 Å². The molecule has 0 amide bonds. The van der Waals surface area contributed by atoms with Crippen LogP contribution in [0.5, 0.6) is 0 Å². The van der Waals surface area contributed by atoms with Gasteiger partial charge in [-0.3, -0.25) is 0 Å². The first-order valence-corrected chi connectivity index (χ1v) is 3.51. The van der Waals surface area contributed by atoms with Gasteiger partial charge in [0.05, 0.1) is 0 Å². The number of allylic oxidation sites excluding steroid dienone is 2. The summed E-state index contributed by atoms with van der Waals surface area (Å²) in [5.41, 5.74) is 0.819. The van der Waals surface area contributed by atoms with Gasteiger partial charge in [0.15, 0.2) is 0 Å². The molecule has 0 aromatic heterocycles. The topological polar surface area (TPSA) is 0 Å². The summed E-state index contributed by atoms with van der Waals surface area (Å²) < 4.78 is 0. The molecular formula is C8H10. The normalized spacial score (nSPS) is 71.9. The quantitative estimate of drug-likeness (QED) is 0.413. The van der Waals surface area contributed by atoms with Crippen molar-refractivity contribution in [1.82, 2.24) is 0 Å². The molecule has 0 aromatic rings. The number of fused-ring (bicyclic) bond motifs is 1. The van der Waals surface area contributed by atoms with Gasteiger partial charge in [-0.05, 0) is 29.6 Å². The van der Waals surface area contributed by atoms with Crippen molar-refractivity contribution in [2.24, 2.45) is 23.2 Å². The third-order valence-corrected chi connectivity index (χ3v) is 3.50. The van der Waals surface area contributed by atoms with Crippen LogP contribution in [0.3, 0.4) is 0 Å². The molecule has 0 aliphatic heterocycles. The van der Waals surface area contributed by atoms with E-state index in [9.17, 15) is 0 Å². The lowest BCUT2D eigenvalue weighted by atomic mass is 9.75. The third-order valence-electron chi connectivity index (χ3n) is 3.50. The summed E-state index contributed by atoms with van der Waals surface area (Å²) >= 11 is 0. The summed E-state index contributed by atoms with van der Waals surface area (Å²) in [5, 5.41) is 0. The fourth-order valence-electron chi connectivity index (χ4n) is 2.93. The first-order chi connectivity index (χ1) is 3.82. The summed E-state index contributed by atoms with van der Waals surface area (Å²) in [7, 11) is 0. The predicted molar refractivity (Wildman–Crippen MR) is 32.3 cm³/mol. The van der Waals surface area contributed by atoms with Crippen molar-refractivity contribution in [3.63, 3.8) is 0 Å². The van der Waals surface area contributed by atoms with Gasteiger partial charge in [-0.15, -0.1) is 0 Å². The molecule has 2 saturated carbocycles. The van der Waals surface area contributed by atoms with Crippen molar-refractivity contribution in [2.45, 2.75) is 13.3 Å². The standard InChI is InChI=1S/C8H10/c1-8-4-5-2-3-6(8)7(5)8/h2-3,5-7H,4H2,1H3. The zero-order valence-electron chi connectivity index (χ0n) is 5.09. The molecule has 8 heavy (non-hydrogen) atoms. The molecule has 0 aromatic carbocycles. The largest absolute Gasteiger partial charge is 0.0848 e. The average molecular weight is 106 g/mol. The van der Waals surface area contributed by atoms with E-state index in [1.165, 1.54) is 6.42 Å². The second-order valence-corrected chi connectivity index (χ2v) is 3.81. The van der Waals surface area contributed by atoms with E-state index in [0.717, 1.165) is 23.2 Å². The van der Waals surface area contributed by atoms with Crippen molar-refractivity contribution in [3.05, 3.63) is 12.2 Å². The molecular weight excluding hydrogens is 96.1 g/mol. The Kier molecular flexibility index (Phi) is 0.327. The van der Waals surface area contributed by atoms with Crippen LogP contribution < -0.4 is 0 Å². The Morgan fingerprint density at radius 1 is 1.50 bits per heavy atom. The fourth-order valence-corrected chi connectivity index (χ4v) is 2.93. The number of hydrogen-bond donors (Lipinski definition) is 0. The maximum Gasteiger partial charge on any atom is -0.0137 e. The monoisotopic (exact) mass is 106 g/mol. The molecule has 3 aliphatic carbocycles. The van der Waals surface area contributed by atoms with Gasteiger partial charge < -0.3 is 0 Å². The Hall–Kier alpha value is -0.260. The lowest BCUT2D eigenvalue weighted by Gasteiger charge is -2.29. The van der Waals surface area contributed by atoms with E-state index in [2.05, 4.69) is 19.1 Å². The molecule has 0 heteroatoms. The van der Waals surface area contributed by atoms with Gasteiger partial charge in [0, 0.05) is 0 Å². The van der Waals surface area contributed by atoms with Gasteiger partial charge >= 0.3 is 0 Å². The highest BCUT2D eigenvalue weighted by molar-refractivity contribution is 5.34. The van der Waals surface area contributed by atoms with Gasteiger partial charge in [-0.1, -0.05) is 19.1 Å². The summed E-state index contributed by atoms with van der Waals surface area (Å²) in [5.74, 6) is 3.15. The van der Waals surface area contributed by atoms with E-state index in [4.69, 9.17) is 0 Å². The van der Waals surface area contributed by atoms with Crippen LogP contribution in [-0.2, 0) is 0 Å². The van der Waals surface area contributed by atoms with E-state index in [-0.39, 0.29) is 0 Å². The van der Waals surface area contributed by atoms with Crippen LogP contribution in [0, 0.1) is 23.2 Å². The molecule has 0 N–H and O–H groups in total. The number of hydrogen-bond acceptors (Lipinski definition) is 0.